The highest BCUT2D eigenvalue weighted by Crippen LogP contribution is 2.36. The van der Waals surface area contributed by atoms with Gasteiger partial charge in [-0.2, -0.15) is 0 Å². The van der Waals surface area contributed by atoms with Crippen molar-refractivity contribution in [3.63, 3.8) is 0 Å². The largest absolute Gasteiger partial charge is 0.375 e. The van der Waals surface area contributed by atoms with Gasteiger partial charge in [0.1, 0.15) is 0 Å². The summed E-state index contributed by atoms with van der Waals surface area (Å²) >= 11 is 0. The van der Waals surface area contributed by atoms with Gasteiger partial charge in [0, 0.05) is 5.92 Å². The van der Waals surface area contributed by atoms with Crippen molar-refractivity contribution in [2.75, 3.05) is 16.8 Å². The van der Waals surface area contributed by atoms with Crippen LogP contribution >= 0.6 is 0 Å². The Morgan fingerprint density at radius 1 is 1.10 bits per heavy atom. The molecule has 1 heterocycles. The van der Waals surface area contributed by atoms with Crippen LogP contribution in [0.3, 0.4) is 0 Å². The molecule has 2 aromatic carbocycles. The van der Waals surface area contributed by atoms with Crippen molar-refractivity contribution in [2.24, 2.45) is 5.92 Å². The zero-order valence-corrected chi connectivity index (χ0v) is 12.4. The summed E-state index contributed by atoms with van der Waals surface area (Å²) in [6.07, 6.45) is 0. The third-order valence-electron chi connectivity index (χ3n) is 3.85. The number of fused-ring (bicyclic) bond motifs is 1. The van der Waals surface area contributed by atoms with E-state index in [2.05, 4.69) is 17.4 Å². The van der Waals surface area contributed by atoms with E-state index in [9.17, 15) is 4.79 Å². The lowest BCUT2D eigenvalue weighted by Crippen LogP contribution is -2.42. The van der Waals surface area contributed by atoms with Gasteiger partial charge < -0.3 is 10.2 Å². The maximum absolute atomic E-state index is 12.5. The number of nitrogens with zero attached hydrogens (tertiary/aromatic N) is 1. The van der Waals surface area contributed by atoms with Gasteiger partial charge in [-0.3, -0.25) is 4.79 Å². The van der Waals surface area contributed by atoms with Crippen LogP contribution in [-0.4, -0.2) is 12.5 Å². The van der Waals surface area contributed by atoms with Crippen LogP contribution in [0.4, 0.5) is 11.4 Å². The normalized spacial score (nSPS) is 17.3. The van der Waals surface area contributed by atoms with Crippen LogP contribution in [0.1, 0.15) is 25.5 Å². The van der Waals surface area contributed by atoms with Gasteiger partial charge in [-0.25, -0.2) is 0 Å². The Balaban J connectivity index is 1.99. The van der Waals surface area contributed by atoms with Gasteiger partial charge in [-0.1, -0.05) is 56.3 Å². The minimum Gasteiger partial charge on any atom is -0.375 e. The molecule has 1 aliphatic heterocycles. The molecule has 1 unspecified atom stereocenters. The molecule has 3 heteroatoms. The molecule has 21 heavy (non-hydrogen) atoms. The van der Waals surface area contributed by atoms with Crippen molar-refractivity contribution in [2.45, 2.75) is 19.9 Å². The number of para-hydroxylation sites is 2. The molecule has 0 fully saturated rings. The van der Waals surface area contributed by atoms with Gasteiger partial charge in [0.15, 0.2) is 0 Å². The number of hydrogen-bond acceptors (Lipinski definition) is 2. The summed E-state index contributed by atoms with van der Waals surface area (Å²) in [5.41, 5.74) is 3.20. The molecule has 108 valence electrons. The summed E-state index contributed by atoms with van der Waals surface area (Å²) in [5.74, 6) is 0.164. The van der Waals surface area contributed by atoms with Crippen LogP contribution < -0.4 is 10.2 Å². The summed E-state index contributed by atoms with van der Waals surface area (Å²) in [6.45, 7) is 4.56. The molecule has 0 saturated carbocycles. The highest BCUT2D eigenvalue weighted by atomic mass is 16.2. The molecule has 0 aromatic heterocycles. The highest BCUT2D eigenvalue weighted by Gasteiger charge is 2.29. The molecule has 0 bridgehead atoms. The fraction of sp³-hybridized carbons (Fsp3) is 0.278. The first kappa shape index (κ1) is 13.7. The molecular formula is C18H20N2O. The molecular weight excluding hydrogens is 260 g/mol. The van der Waals surface area contributed by atoms with E-state index in [-0.39, 0.29) is 17.9 Å². The minimum absolute atomic E-state index is 0.00687. The number of benzene rings is 2. The lowest BCUT2D eigenvalue weighted by Gasteiger charge is -2.37. The molecule has 0 saturated heterocycles. The second-order valence-corrected chi connectivity index (χ2v) is 5.73. The van der Waals surface area contributed by atoms with E-state index in [0.29, 0.717) is 6.54 Å². The second kappa shape index (κ2) is 5.60. The number of carbonyl (C=O) groups excluding carboxylic acids is 1. The number of anilines is 2. The van der Waals surface area contributed by atoms with Crippen LogP contribution in [0.2, 0.25) is 0 Å². The van der Waals surface area contributed by atoms with Gasteiger partial charge in [-0.15, -0.1) is 0 Å². The van der Waals surface area contributed by atoms with Crippen LogP contribution in [0.15, 0.2) is 54.6 Å². The SMILES string of the molecule is CC(C)C(=O)N1CC(c2ccccc2)Nc2ccccc21. The molecule has 2 aromatic rings. The van der Waals surface area contributed by atoms with Gasteiger partial charge in [0.2, 0.25) is 5.91 Å². The Labute approximate surface area is 125 Å². The van der Waals surface area contributed by atoms with Gasteiger partial charge >= 0.3 is 0 Å². The quantitative estimate of drug-likeness (QED) is 0.906. The zero-order chi connectivity index (χ0) is 14.8. The summed E-state index contributed by atoms with van der Waals surface area (Å²) in [5, 5.41) is 3.54. The van der Waals surface area contributed by atoms with E-state index < -0.39 is 0 Å². The monoisotopic (exact) mass is 280 g/mol. The molecule has 0 spiro atoms. The van der Waals surface area contributed by atoms with E-state index in [0.717, 1.165) is 11.4 Å². The Morgan fingerprint density at radius 2 is 1.76 bits per heavy atom. The van der Waals surface area contributed by atoms with Crippen LogP contribution in [0.5, 0.6) is 0 Å². The van der Waals surface area contributed by atoms with Crippen LogP contribution in [0.25, 0.3) is 0 Å². The third-order valence-corrected chi connectivity index (χ3v) is 3.85. The summed E-state index contributed by atoms with van der Waals surface area (Å²) < 4.78 is 0. The second-order valence-electron chi connectivity index (χ2n) is 5.73. The molecule has 1 amide bonds. The van der Waals surface area contributed by atoms with E-state index in [1.807, 2.05) is 61.2 Å². The standard InChI is InChI=1S/C18H20N2O/c1-13(2)18(21)20-12-16(14-8-4-3-5-9-14)19-15-10-6-7-11-17(15)20/h3-11,13,16,19H,12H2,1-2H3. The summed E-state index contributed by atoms with van der Waals surface area (Å²) in [7, 11) is 0. The molecule has 0 aliphatic carbocycles. The van der Waals surface area contributed by atoms with E-state index >= 15 is 0 Å². The van der Waals surface area contributed by atoms with Gasteiger partial charge in [0.05, 0.1) is 24.0 Å². The molecule has 1 aliphatic rings. The molecule has 1 N–H and O–H groups in total. The van der Waals surface area contributed by atoms with Crippen molar-refractivity contribution in [1.82, 2.24) is 0 Å². The van der Waals surface area contributed by atoms with E-state index in [4.69, 9.17) is 0 Å². The van der Waals surface area contributed by atoms with E-state index in [1.165, 1.54) is 5.56 Å². The van der Waals surface area contributed by atoms with Crippen molar-refractivity contribution >= 4 is 17.3 Å². The minimum atomic E-state index is -0.00687. The number of carbonyl (C=O) groups is 1. The topological polar surface area (TPSA) is 32.3 Å². The number of amides is 1. The summed E-state index contributed by atoms with van der Waals surface area (Å²) in [6, 6.07) is 18.4. The fourth-order valence-corrected chi connectivity index (χ4v) is 2.74. The maximum atomic E-state index is 12.5. The predicted octanol–water partition coefficient (Wildman–Crippen LogP) is 3.84. The number of rotatable bonds is 2. The van der Waals surface area contributed by atoms with Crippen molar-refractivity contribution in [3.05, 3.63) is 60.2 Å². The van der Waals surface area contributed by atoms with E-state index in [1.54, 1.807) is 0 Å². The molecule has 3 rings (SSSR count). The van der Waals surface area contributed by atoms with Gasteiger partial charge in [-0.05, 0) is 17.7 Å². The van der Waals surface area contributed by atoms with Crippen molar-refractivity contribution < 1.29 is 4.79 Å². The van der Waals surface area contributed by atoms with Crippen molar-refractivity contribution in [3.8, 4) is 0 Å². The highest BCUT2D eigenvalue weighted by molar-refractivity contribution is 5.98. The number of hydrogen-bond donors (Lipinski definition) is 1. The first-order chi connectivity index (χ1) is 10.2. The lowest BCUT2D eigenvalue weighted by atomic mass is 10.0. The Bertz CT molecular complexity index is 637. The Hall–Kier alpha value is -2.29. The average molecular weight is 280 g/mol. The number of nitrogens with one attached hydrogen (secondary N) is 1. The molecule has 0 radical (unpaired) electrons. The first-order valence-corrected chi connectivity index (χ1v) is 7.38. The molecule has 1 atom stereocenters. The zero-order valence-electron chi connectivity index (χ0n) is 12.4. The van der Waals surface area contributed by atoms with Gasteiger partial charge in [0.25, 0.3) is 0 Å². The van der Waals surface area contributed by atoms with Crippen LogP contribution in [-0.2, 0) is 4.79 Å². The first-order valence-electron chi connectivity index (χ1n) is 7.38. The lowest BCUT2D eigenvalue weighted by molar-refractivity contribution is -0.121. The summed E-state index contributed by atoms with van der Waals surface area (Å²) in [4.78, 5) is 14.4. The Kier molecular flexibility index (Phi) is 3.65. The fourth-order valence-electron chi connectivity index (χ4n) is 2.74. The third kappa shape index (κ3) is 2.64. The smallest absolute Gasteiger partial charge is 0.229 e. The predicted molar refractivity (Wildman–Crippen MR) is 86.4 cm³/mol. The molecule has 3 nitrogen and oxygen atoms in total. The maximum Gasteiger partial charge on any atom is 0.229 e. The Morgan fingerprint density at radius 3 is 2.48 bits per heavy atom. The van der Waals surface area contributed by atoms with Crippen molar-refractivity contribution in [1.29, 1.82) is 0 Å². The van der Waals surface area contributed by atoms with Crippen LogP contribution in [0, 0.1) is 5.92 Å². The average Bonchev–Trinajstić information content (AvgIpc) is 2.54.